The maximum absolute atomic E-state index is 14.0. The van der Waals surface area contributed by atoms with E-state index in [1.165, 1.54) is 18.5 Å². The van der Waals surface area contributed by atoms with Crippen LogP contribution >= 0.6 is 0 Å². The van der Waals surface area contributed by atoms with Crippen LogP contribution in [0.4, 0.5) is 10.3 Å². The summed E-state index contributed by atoms with van der Waals surface area (Å²) in [6, 6.07) is 13.7. The highest BCUT2D eigenvalue weighted by Gasteiger charge is 2.33. The molecule has 8 nitrogen and oxygen atoms in total. The van der Waals surface area contributed by atoms with Crippen molar-refractivity contribution in [3.63, 3.8) is 0 Å². The Morgan fingerprint density at radius 2 is 1.92 bits per heavy atom. The van der Waals surface area contributed by atoms with Gasteiger partial charge in [0.2, 0.25) is 5.95 Å². The molecule has 2 aromatic carbocycles. The van der Waals surface area contributed by atoms with Crippen LogP contribution < -0.4 is 4.90 Å². The van der Waals surface area contributed by atoms with Crippen LogP contribution in [0.3, 0.4) is 0 Å². The highest BCUT2D eigenvalue weighted by atomic mass is 19.1. The highest BCUT2D eigenvalue weighted by molar-refractivity contribution is 5.96. The third-order valence-corrected chi connectivity index (χ3v) is 6.49. The summed E-state index contributed by atoms with van der Waals surface area (Å²) in [5.74, 6) is 0.232. The minimum atomic E-state index is -0.301. The van der Waals surface area contributed by atoms with E-state index in [9.17, 15) is 9.18 Å². The van der Waals surface area contributed by atoms with Gasteiger partial charge in [0.05, 0.1) is 18.3 Å². The first-order valence-corrected chi connectivity index (χ1v) is 12.0. The molecular formula is C27H28FN7O. The number of halogens is 1. The van der Waals surface area contributed by atoms with Crippen LogP contribution in [0.5, 0.6) is 0 Å². The number of likely N-dealkylation sites (tertiary alicyclic amines) is 1. The topological polar surface area (TPSA) is 80.0 Å². The number of anilines is 1. The number of hydrogen-bond donors (Lipinski definition) is 0. The Morgan fingerprint density at radius 3 is 2.67 bits per heavy atom. The summed E-state index contributed by atoms with van der Waals surface area (Å²) in [4.78, 5) is 31.2. The first-order valence-electron chi connectivity index (χ1n) is 12.0. The Bertz CT molecular complexity index is 1340. The van der Waals surface area contributed by atoms with Crippen molar-refractivity contribution >= 4 is 11.9 Å². The Labute approximate surface area is 209 Å². The maximum Gasteiger partial charge on any atom is 0.254 e. The molecule has 1 saturated heterocycles. The molecule has 0 spiro atoms. The third kappa shape index (κ3) is 4.82. The van der Waals surface area contributed by atoms with Gasteiger partial charge in [-0.25, -0.2) is 24.0 Å². The molecule has 0 aliphatic carbocycles. The normalized spacial score (nSPS) is 15.6. The van der Waals surface area contributed by atoms with Crippen molar-refractivity contribution in [1.82, 2.24) is 29.6 Å². The standard InChI is InChI=1S/C27H28FN7O/c1-33(2)27-30-15-23(19-10-12-21(28)13-11-19)25(32-27)24-9-5-6-14-35(24)26(36)22-8-4-3-7-20(22)16-34-18-29-17-31-34/h3-4,7-8,10-13,15,17-18,24H,5-6,9,14,16H2,1-2H3/t24-/m0/s1. The summed E-state index contributed by atoms with van der Waals surface area (Å²) in [5.41, 5.74) is 3.93. The van der Waals surface area contributed by atoms with Crippen LogP contribution in [0, 0.1) is 5.82 Å². The highest BCUT2D eigenvalue weighted by Crippen LogP contribution is 2.37. The van der Waals surface area contributed by atoms with Crippen molar-refractivity contribution in [1.29, 1.82) is 0 Å². The third-order valence-electron chi connectivity index (χ3n) is 6.49. The van der Waals surface area contributed by atoms with Crippen LogP contribution in [0.1, 0.15) is 46.9 Å². The number of hydrogen-bond acceptors (Lipinski definition) is 6. The first kappa shape index (κ1) is 23.6. The number of aromatic nitrogens is 5. The molecule has 5 rings (SSSR count). The van der Waals surface area contributed by atoms with Crippen molar-refractivity contribution in [3.8, 4) is 11.1 Å². The lowest BCUT2D eigenvalue weighted by Gasteiger charge is -2.37. The van der Waals surface area contributed by atoms with Gasteiger partial charge >= 0.3 is 0 Å². The molecule has 9 heteroatoms. The minimum absolute atomic E-state index is 0.0366. The van der Waals surface area contributed by atoms with Crippen molar-refractivity contribution in [2.75, 3.05) is 25.5 Å². The van der Waals surface area contributed by atoms with Gasteiger partial charge in [0.25, 0.3) is 5.91 Å². The van der Waals surface area contributed by atoms with E-state index in [-0.39, 0.29) is 17.8 Å². The SMILES string of the molecule is CN(C)c1ncc(-c2ccc(F)cc2)c([C@@H]2CCCCN2C(=O)c2ccccc2Cn2cncn2)n1. The molecule has 0 unspecified atom stereocenters. The van der Waals surface area contributed by atoms with E-state index in [1.54, 1.807) is 29.3 Å². The molecular weight excluding hydrogens is 457 g/mol. The van der Waals surface area contributed by atoms with Crippen molar-refractivity contribution in [3.05, 3.63) is 90.0 Å². The van der Waals surface area contributed by atoms with E-state index in [1.807, 2.05) is 48.2 Å². The van der Waals surface area contributed by atoms with Crippen molar-refractivity contribution in [2.45, 2.75) is 31.8 Å². The smallest absolute Gasteiger partial charge is 0.254 e. The maximum atomic E-state index is 14.0. The van der Waals surface area contributed by atoms with Gasteiger partial charge in [-0.3, -0.25) is 4.79 Å². The summed E-state index contributed by atoms with van der Waals surface area (Å²) in [6.45, 7) is 1.09. The van der Waals surface area contributed by atoms with Crippen LogP contribution in [-0.2, 0) is 6.54 Å². The van der Waals surface area contributed by atoms with Gasteiger partial charge in [0.15, 0.2) is 0 Å². The number of carbonyl (C=O) groups excluding carboxylic acids is 1. The molecule has 1 aliphatic rings. The van der Waals surface area contributed by atoms with Gasteiger partial charge in [-0.15, -0.1) is 0 Å². The summed E-state index contributed by atoms with van der Waals surface area (Å²) in [5, 5.41) is 4.20. The lowest BCUT2D eigenvalue weighted by molar-refractivity contribution is 0.0605. The van der Waals surface area contributed by atoms with Crippen LogP contribution in [0.2, 0.25) is 0 Å². The predicted molar refractivity (Wildman–Crippen MR) is 135 cm³/mol. The average molecular weight is 486 g/mol. The van der Waals surface area contributed by atoms with Crippen LogP contribution in [-0.4, -0.2) is 56.2 Å². The molecule has 36 heavy (non-hydrogen) atoms. The molecule has 1 aliphatic heterocycles. The second-order valence-electron chi connectivity index (χ2n) is 9.13. The molecule has 0 bridgehead atoms. The van der Waals surface area contributed by atoms with Crippen molar-refractivity contribution < 1.29 is 9.18 Å². The molecule has 1 fully saturated rings. The van der Waals surface area contributed by atoms with E-state index in [0.29, 0.717) is 24.6 Å². The van der Waals surface area contributed by atoms with Gasteiger partial charge in [-0.1, -0.05) is 30.3 Å². The summed E-state index contributed by atoms with van der Waals surface area (Å²) in [7, 11) is 3.78. The molecule has 4 aromatic rings. The van der Waals surface area contributed by atoms with Crippen LogP contribution in [0.15, 0.2) is 67.4 Å². The molecule has 0 radical (unpaired) electrons. The number of rotatable bonds is 6. The quantitative estimate of drug-likeness (QED) is 0.404. The van der Waals surface area contributed by atoms with Gasteiger partial charge in [-0.2, -0.15) is 5.10 Å². The summed E-state index contributed by atoms with van der Waals surface area (Å²) < 4.78 is 15.4. The van der Waals surface area contributed by atoms with E-state index in [0.717, 1.165) is 41.6 Å². The second-order valence-corrected chi connectivity index (χ2v) is 9.13. The monoisotopic (exact) mass is 485 g/mol. The Kier molecular flexibility index (Phi) is 6.71. The molecule has 3 heterocycles. The summed E-state index contributed by atoms with van der Waals surface area (Å²) >= 11 is 0. The number of benzene rings is 2. The number of piperidine rings is 1. The first-order chi connectivity index (χ1) is 17.5. The fraction of sp³-hybridized carbons (Fsp3) is 0.296. The fourth-order valence-electron chi connectivity index (χ4n) is 4.68. The van der Waals surface area contributed by atoms with E-state index < -0.39 is 0 Å². The Morgan fingerprint density at radius 1 is 1.11 bits per heavy atom. The predicted octanol–water partition coefficient (Wildman–Crippen LogP) is 4.36. The minimum Gasteiger partial charge on any atom is -0.347 e. The summed E-state index contributed by atoms with van der Waals surface area (Å²) in [6.07, 6.45) is 7.60. The largest absolute Gasteiger partial charge is 0.347 e. The van der Waals surface area contributed by atoms with E-state index in [2.05, 4.69) is 15.1 Å². The average Bonchev–Trinajstić information content (AvgIpc) is 3.42. The van der Waals surface area contributed by atoms with Gasteiger partial charge < -0.3 is 9.80 Å². The van der Waals surface area contributed by atoms with Crippen LogP contribution in [0.25, 0.3) is 11.1 Å². The Balaban J connectivity index is 1.55. The number of carbonyl (C=O) groups is 1. The molecule has 0 N–H and O–H groups in total. The molecule has 184 valence electrons. The lowest BCUT2D eigenvalue weighted by atomic mass is 9.92. The second kappa shape index (κ2) is 10.2. The Hall–Kier alpha value is -4.14. The van der Waals surface area contributed by atoms with E-state index >= 15 is 0 Å². The zero-order valence-electron chi connectivity index (χ0n) is 20.4. The van der Waals surface area contributed by atoms with Gasteiger partial charge in [0, 0.05) is 38.0 Å². The fourth-order valence-corrected chi connectivity index (χ4v) is 4.68. The number of nitrogens with zero attached hydrogens (tertiary/aromatic N) is 7. The van der Waals surface area contributed by atoms with E-state index in [4.69, 9.17) is 4.98 Å². The van der Waals surface area contributed by atoms with Crippen molar-refractivity contribution in [2.24, 2.45) is 0 Å². The lowest BCUT2D eigenvalue weighted by Crippen LogP contribution is -2.39. The molecule has 2 aromatic heterocycles. The molecule has 0 saturated carbocycles. The van der Waals surface area contributed by atoms with Gasteiger partial charge in [0.1, 0.15) is 18.5 Å². The zero-order valence-corrected chi connectivity index (χ0v) is 20.4. The van der Waals surface area contributed by atoms with Gasteiger partial charge in [-0.05, 0) is 48.6 Å². The number of amides is 1. The zero-order chi connectivity index (χ0) is 25.1. The molecule has 1 atom stereocenters. The molecule has 1 amide bonds.